The number of nitrogens with one attached hydrogen (secondary N) is 1. The number of sulfone groups is 1. The number of methoxy groups -OCH3 is 1. The average molecular weight is 307 g/mol. The first kappa shape index (κ1) is 16.5. The van der Waals surface area contributed by atoms with Gasteiger partial charge < -0.3 is 10.1 Å². The Bertz CT molecular complexity index is 497. The first-order valence-electron chi connectivity index (χ1n) is 6.01. The quantitative estimate of drug-likeness (QED) is 0.708. The normalized spacial score (nSPS) is 12.8. The van der Waals surface area contributed by atoms with E-state index in [0.717, 1.165) is 24.5 Å². The van der Waals surface area contributed by atoms with Gasteiger partial charge in [0.05, 0.1) is 6.61 Å². The van der Waals surface area contributed by atoms with Crippen LogP contribution in [0.25, 0.3) is 0 Å². The molecule has 1 aromatic heterocycles. The summed E-state index contributed by atoms with van der Waals surface area (Å²) in [4.78, 5) is 0. The van der Waals surface area contributed by atoms with Crippen molar-refractivity contribution >= 4 is 21.2 Å². The lowest BCUT2D eigenvalue weighted by molar-refractivity contribution is 0.199. The summed E-state index contributed by atoms with van der Waals surface area (Å²) in [6.45, 7) is 5.55. The van der Waals surface area contributed by atoms with Crippen molar-refractivity contribution in [3.05, 3.63) is 10.0 Å². The molecule has 1 heterocycles. The molecule has 0 aliphatic rings. The summed E-state index contributed by atoms with van der Waals surface area (Å²) < 4.78 is 27.4. The minimum atomic E-state index is -3.20. The van der Waals surface area contributed by atoms with Gasteiger partial charge in [-0.05, 0) is 13.8 Å². The molecule has 0 unspecified atom stereocenters. The van der Waals surface area contributed by atoms with Gasteiger partial charge >= 0.3 is 0 Å². The number of nitrogens with zero attached hydrogens (tertiary/aromatic N) is 2. The number of aromatic nitrogens is 2. The van der Waals surface area contributed by atoms with Gasteiger partial charge in [-0.1, -0.05) is 11.3 Å². The molecule has 0 saturated heterocycles. The maximum atomic E-state index is 11.7. The SMILES string of the molecule is COCCNCCc1nnc(C(C)(C)S(C)(=O)=O)s1. The third kappa shape index (κ3) is 4.48. The van der Waals surface area contributed by atoms with Gasteiger partial charge in [0.25, 0.3) is 0 Å². The number of hydrogen-bond donors (Lipinski definition) is 1. The molecule has 110 valence electrons. The Hall–Kier alpha value is -0.570. The molecule has 0 aromatic carbocycles. The van der Waals surface area contributed by atoms with Gasteiger partial charge in [0.15, 0.2) is 9.84 Å². The average Bonchev–Trinajstić information content (AvgIpc) is 2.76. The second kappa shape index (κ2) is 6.74. The fourth-order valence-corrected chi connectivity index (χ4v) is 3.02. The third-order valence-corrected chi connectivity index (χ3v) is 6.39. The van der Waals surface area contributed by atoms with E-state index in [2.05, 4.69) is 15.5 Å². The largest absolute Gasteiger partial charge is 0.383 e. The first-order valence-corrected chi connectivity index (χ1v) is 8.72. The summed E-state index contributed by atoms with van der Waals surface area (Å²) in [6, 6.07) is 0. The Morgan fingerprint density at radius 2 is 2.00 bits per heavy atom. The van der Waals surface area contributed by atoms with Crippen LogP contribution >= 0.6 is 11.3 Å². The molecule has 1 aromatic rings. The van der Waals surface area contributed by atoms with Gasteiger partial charge in [0.2, 0.25) is 0 Å². The van der Waals surface area contributed by atoms with E-state index in [1.165, 1.54) is 17.6 Å². The number of hydrogen-bond acceptors (Lipinski definition) is 7. The molecule has 6 nitrogen and oxygen atoms in total. The minimum absolute atomic E-state index is 0.543. The van der Waals surface area contributed by atoms with Gasteiger partial charge in [-0.3, -0.25) is 0 Å². The van der Waals surface area contributed by atoms with Crippen LogP contribution in [0.4, 0.5) is 0 Å². The Kier molecular flexibility index (Phi) is 5.84. The molecule has 1 N–H and O–H groups in total. The topological polar surface area (TPSA) is 81.2 Å². The molecular formula is C11H21N3O3S2. The summed E-state index contributed by atoms with van der Waals surface area (Å²) in [5, 5.41) is 12.6. The third-order valence-electron chi connectivity index (χ3n) is 2.91. The molecule has 0 saturated carbocycles. The molecular weight excluding hydrogens is 286 g/mol. The minimum Gasteiger partial charge on any atom is -0.383 e. The second-order valence-corrected chi connectivity index (χ2v) is 8.40. The van der Waals surface area contributed by atoms with Crippen LogP contribution in [0.1, 0.15) is 23.9 Å². The molecule has 19 heavy (non-hydrogen) atoms. The molecule has 0 amide bonds. The van der Waals surface area contributed by atoms with Gasteiger partial charge in [-0.2, -0.15) is 0 Å². The van der Waals surface area contributed by atoms with Crippen LogP contribution < -0.4 is 5.32 Å². The van der Waals surface area contributed by atoms with Gasteiger partial charge in [-0.25, -0.2) is 8.42 Å². The Labute approximate surface area is 118 Å². The van der Waals surface area contributed by atoms with E-state index in [0.29, 0.717) is 11.6 Å². The smallest absolute Gasteiger partial charge is 0.159 e. The highest BCUT2D eigenvalue weighted by Gasteiger charge is 2.35. The molecule has 0 aliphatic heterocycles. The van der Waals surface area contributed by atoms with Crippen molar-refractivity contribution in [1.29, 1.82) is 0 Å². The lowest BCUT2D eigenvalue weighted by Gasteiger charge is -2.18. The van der Waals surface area contributed by atoms with Crippen LogP contribution in [-0.4, -0.2) is 51.7 Å². The zero-order valence-electron chi connectivity index (χ0n) is 11.8. The maximum absolute atomic E-state index is 11.7. The predicted octanol–water partition coefficient (Wildman–Crippen LogP) is 0.596. The van der Waals surface area contributed by atoms with Crippen LogP contribution in [0.3, 0.4) is 0 Å². The van der Waals surface area contributed by atoms with Crippen LogP contribution in [-0.2, 0) is 25.7 Å². The van der Waals surface area contributed by atoms with Crippen LogP contribution in [0.2, 0.25) is 0 Å². The highest BCUT2D eigenvalue weighted by atomic mass is 32.2. The standard InChI is InChI=1S/C11H21N3O3S2/c1-11(2,19(4,15)16)10-14-13-9(18-10)5-6-12-7-8-17-3/h12H,5-8H2,1-4H3. The van der Waals surface area contributed by atoms with Gasteiger partial charge in [0, 0.05) is 32.9 Å². The highest BCUT2D eigenvalue weighted by molar-refractivity contribution is 7.91. The van der Waals surface area contributed by atoms with Crippen molar-refractivity contribution in [2.45, 2.75) is 25.0 Å². The predicted molar refractivity (Wildman–Crippen MR) is 76.2 cm³/mol. The fraction of sp³-hybridized carbons (Fsp3) is 0.818. The maximum Gasteiger partial charge on any atom is 0.159 e. The molecule has 0 bridgehead atoms. The van der Waals surface area contributed by atoms with E-state index in [1.807, 2.05) is 0 Å². The zero-order valence-corrected chi connectivity index (χ0v) is 13.4. The van der Waals surface area contributed by atoms with E-state index in [1.54, 1.807) is 21.0 Å². The molecule has 0 spiro atoms. The highest BCUT2D eigenvalue weighted by Crippen LogP contribution is 2.31. The van der Waals surface area contributed by atoms with Crippen molar-refractivity contribution in [1.82, 2.24) is 15.5 Å². The molecule has 1 rings (SSSR count). The van der Waals surface area contributed by atoms with E-state index in [4.69, 9.17) is 4.74 Å². The Morgan fingerprint density at radius 1 is 1.32 bits per heavy atom. The second-order valence-electron chi connectivity index (χ2n) is 4.78. The molecule has 8 heteroatoms. The van der Waals surface area contributed by atoms with Crippen molar-refractivity contribution in [3.63, 3.8) is 0 Å². The monoisotopic (exact) mass is 307 g/mol. The van der Waals surface area contributed by atoms with Crippen molar-refractivity contribution in [2.75, 3.05) is 33.1 Å². The van der Waals surface area contributed by atoms with Crippen molar-refractivity contribution < 1.29 is 13.2 Å². The molecule has 0 radical (unpaired) electrons. The van der Waals surface area contributed by atoms with Crippen molar-refractivity contribution in [3.8, 4) is 0 Å². The van der Waals surface area contributed by atoms with Crippen molar-refractivity contribution in [2.24, 2.45) is 0 Å². The summed E-state index contributed by atoms with van der Waals surface area (Å²) in [6.07, 6.45) is 1.96. The summed E-state index contributed by atoms with van der Waals surface area (Å²) in [5.41, 5.74) is 0. The Morgan fingerprint density at radius 3 is 2.58 bits per heavy atom. The number of ether oxygens (including phenoxy) is 1. The first-order chi connectivity index (χ1) is 8.79. The van der Waals surface area contributed by atoms with Crippen LogP contribution in [0, 0.1) is 0 Å². The fourth-order valence-electron chi connectivity index (χ4n) is 1.25. The Balaban J connectivity index is 2.58. The summed E-state index contributed by atoms with van der Waals surface area (Å²) >= 11 is 1.36. The van der Waals surface area contributed by atoms with E-state index in [9.17, 15) is 8.42 Å². The van der Waals surface area contributed by atoms with Crippen LogP contribution in [0.5, 0.6) is 0 Å². The lowest BCUT2D eigenvalue weighted by atomic mass is 10.2. The van der Waals surface area contributed by atoms with Gasteiger partial charge in [0.1, 0.15) is 14.8 Å². The van der Waals surface area contributed by atoms with E-state index < -0.39 is 14.6 Å². The van der Waals surface area contributed by atoms with Crippen LogP contribution in [0.15, 0.2) is 0 Å². The summed E-state index contributed by atoms with van der Waals surface area (Å²) in [7, 11) is -1.54. The zero-order chi connectivity index (χ0) is 14.5. The molecule has 0 fully saturated rings. The molecule has 0 atom stereocenters. The van der Waals surface area contributed by atoms with E-state index in [-0.39, 0.29) is 0 Å². The lowest BCUT2D eigenvalue weighted by Crippen LogP contribution is -2.27. The van der Waals surface area contributed by atoms with Gasteiger partial charge in [-0.15, -0.1) is 10.2 Å². The molecule has 0 aliphatic carbocycles. The van der Waals surface area contributed by atoms with E-state index >= 15 is 0 Å². The number of rotatable bonds is 8. The summed E-state index contributed by atoms with van der Waals surface area (Å²) in [5.74, 6) is 0.